The maximum Gasteiger partial charge on any atom is 0.451 e. The molecule has 0 aromatic carbocycles. The van der Waals surface area contributed by atoms with E-state index in [0.29, 0.717) is 0 Å². The highest BCUT2D eigenvalue weighted by molar-refractivity contribution is 6.29. The van der Waals surface area contributed by atoms with E-state index in [0.717, 1.165) is 19.3 Å². The maximum absolute atomic E-state index is 12.5. The number of aromatic nitrogens is 2. The molecule has 1 aliphatic carbocycles. The molecule has 17 heavy (non-hydrogen) atoms. The summed E-state index contributed by atoms with van der Waals surface area (Å²) in [6.45, 7) is 0. The Morgan fingerprint density at radius 1 is 1.35 bits per heavy atom. The van der Waals surface area contributed by atoms with Crippen LogP contribution < -0.4 is 4.90 Å². The van der Waals surface area contributed by atoms with Gasteiger partial charge in [-0.25, -0.2) is 9.97 Å². The fourth-order valence-electron chi connectivity index (χ4n) is 1.67. The third-order valence-electron chi connectivity index (χ3n) is 2.92. The van der Waals surface area contributed by atoms with Gasteiger partial charge in [0.05, 0.1) is 0 Å². The molecule has 94 valence electrons. The summed E-state index contributed by atoms with van der Waals surface area (Å²) in [5, 5.41) is -0.187. The normalized spacial score (nSPS) is 16.8. The second-order valence-electron chi connectivity index (χ2n) is 4.07. The molecule has 0 unspecified atom stereocenters. The van der Waals surface area contributed by atoms with E-state index in [9.17, 15) is 13.2 Å². The number of hydrogen-bond donors (Lipinski definition) is 0. The summed E-state index contributed by atoms with van der Waals surface area (Å²) in [4.78, 5) is 8.43. The summed E-state index contributed by atoms with van der Waals surface area (Å²) < 4.78 is 37.5. The summed E-state index contributed by atoms with van der Waals surface area (Å²) in [6.07, 6.45) is -1.53. The molecular formula is C10H11ClF3N3. The van der Waals surface area contributed by atoms with Gasteiger partial charge in [-0.05, 0) is 19.3 Å². The monoisotopic (exact) mass is 265 g/mol. The third kappa shape index (κ3) is 2.62. The fraction of sp³-hybridized carbons (Fsp3) is 0.600. The largest absolute Gasteiger partial charge is 0.451 e. The van der Waals surface area contributed by atoms with E-state index < -0.39 is 12.0 Å². The Balaban J connectivity index is 2.30. The van der Waals surface area contributed by atoms with Crippen molar-refractivity contribution in [3.63, 3.8) is 0 Å². The van der Waals surface area contributed by atoms with Crippen molar-refractivity contribution in [2.45, 2.75) is 31.5 Å². The van der Waals surface area contributed by atoms with Gasteiger partial charge in [0, 0.05) is 19.2 Å². The highest BCUT2D eigenvalue weighted by atomic mass is 35.5. The van der Waals surface area contributed by atoms with Crippen molar-refractivity contribution in [1.82, 2.24) is 9.97 Å². The van der Waals surface area contributed by atoms with Crippen LogP contribution in [-0.2, 0) is 6.18 Å². The molecule has 0 bridgehead atoms. The van der Waals surface area contributed by atoms with Gasteiger partial charge in [0.1, 0.15) is 11.0 Å². The number of anilines is 1. The molecule has 0 radical (unpaired) electrons. The summed E-state index contributed by atoms with van der Waals surface area (Å²) in [5.41, 5.74) is 0. The van der Waals surface area contributed by atoms with Crippen LogP contribution in [0.25, 0.3) is 0 Å². The van der Waals surface area contributed by atoms with Crippen LogP contribution in [0, 0.1) is 0 Å². The molecule has 3 nitrogen and oxygen atoms in total. The van der Waals surface area contributed by atoms with E-state index in [1.807, 2.05) is 0 Å². The van der Waals surface area contributed by atoms with Crippen LogP contribution in [-0.4, -0.2) is 23.1 Å². The zero-order valence-corrected chi connectivity index (χ0v) is 9.89. The minimum atomic E-state index is -4.57. The van der Waals surface area contributed by atoms with Crippen LogP contribution in [0.5, 0.6) is 0 Å². The molecule has 0 spiro atoms. The van der Waals surface area contributed by atoms with Gasteiger partial charge in [-0.2, -0.15) is 13.2 Å². The molecule has 0 saturated heterocycles. The number of hydrogen-bond acceptors (Lipinski definition) is 3. The van der Waals surface area contributed by atoms with Crippen molar-refractivity contribution in [3.05, 3.63) is 17.0 Å². The van der Waals surface area contributed by atoms with Gasteiger partial charge < -0.3 is 4.90 Å². The van der Waals surface area contributed by atoms with Crippen LogP contribution in [0.4, 0.5) is 19.0 Å². The van der Waals surface area contributed by atoms with Crippen molar-refractivity contribution >= 4 is 17.4 Å². The van der Waals surface area contributed by atoms with Crippen molar-refractivity contribution in [2.75, 3.05) is 11.9 Å². The molecule has 1 heterocycles. The zero-order chi connectivity index (χ0) is 12.6. The third-order valence-corrected chi connectivity index (χ3v) is 3.11. The minimum Gasteiger partial charge on any atom is -0.357 e. The van der Waals surface area contributed by atoms with E-state index in [4.69, 9.17) is 11.6 Å². The van der Waals surface area contributed by atoms with E-state index in [1.165, 1.54) is 6.07 Å². The molecule has 0 N–H and O–H groups in total. The van der Waals surface area contributed by atoms with E-state index in [2.05, 4.69) is 9.97 Å². The molecule has 1 fully saturated rings. The van der Waals surface area contributed by atoms with E-state index >= 15 is 0 Å². The van der Waals surface area contributed by atoms with Crippen molar-refractivity contribution < 1.29 is 13.2 Å². The van der Waals surface area contributed by atoms with Crippen LogP contribution in [0.15, 0.2) is 6.07 Å². The van der Waals surface area contributed by atoms with Crippen LogP contribution in [0.2, 0.25) is 5.15 Å². The highest BCUT2D eigenvalue weighted by Gasteiger charge is 2.36. The molecule has 1 aliphatic rings. The second-order valence-corrected chi connectivity index (χ2v) is 4.45. The maximum atomic E-state index is 12.5. The SMILES string of the molecule is CN(c1cc(Cl)nc(C(F)(F)F)n1)C1CCC1. The minimum absolute atomic E-state index is 0.187. The van der Waals surface area contributed by atoms with Crippen LogP contribution in [0.3, 0.4) is 0 Å². The zero-order valence-electron chi connectivity index (χ0n) is 9.13. The van der Waals surface area contributed by atoms with E-state index in [1.54, 1.807) is 11.9 Å². The first kappa shape index (κ1) is 12.4. The molecular weight excluding hydrogens is 255 g/mol. The Morgan fingerprint density at radius 3 is 2.47 bits per heavy atom. The Bertz CT molecular complexity index is 418. The first-order chi connectivity index (χ1) is 7.88. The van der Waals surface area contributed by atoms with Gasteiger partial charge in [-0.1, -0.05) is 11.6 Å². The topological polar surface area (TPSA) is 29.0 Å². The number of alkyl halides is 3. The van der Waals surface area contributed by atoms with Gasteiger partial charge in [-0.15, -0.1) is 0 Å². The van der Waals surface area contributed by atoms with Gasteiger partial charge in [0.25, 0.3) is 0 Å². The lowest BCUT2D eigenvalue weighted by molar-refractivity contribution is -0.144. The first-order valence-electron chi connectivity index (χ1n) is 5.22. The Kier molecular flexibility index (Phi) is 3.16. The predicted molar refractivity (Wildman–Crippen MR) is 58.1 cm³/mol. The quantitative estimate of drug-likeness (QED) is 0.769. The van der Waals surface area contributed by atoms with Crippen molar-refractivity contribution in [2.24, 2.45) is 0 Å². The summed E-state index contributed by atoms with van der Waals surface area (Å²) >= 11 is 5.59. The van der Waals surface area contributed by atoms with Crippen LogP contribution >= 0.6 is 11.6 Å². The molecule has 0 aliphatic heterocycles. The summed E-state index contributed by atoms with van der Waals surface area (Å²) in [6, 6.07) is 1.61. The molecule has 1 aromatic rings. The van der Waals surface area contributed by atoms with E-state index in [-0.39, 0.29) is 17.0 Å². The molecule has 2 rings (SSSR count). The van der Waals surface area contributed by atoms with Gasteiger partial charge in [0.2, 0.25) is 5.82 Å². The summed E-state index contributed by atoms with van der Waals surface area (Å²) in [5.74, 6) is -0.965. The Morgan fingerprint density at radius 2 is 2.00 bits per heavy atom. The fourth-order valence-corrected chi connectivity index (χ4v) is 1.85. The predicted octanol–water partition coefficient (Wildman–Crippen LogP) is 3.14. The number of rotatable bonds is 2. The lowest BCUT2D eigenvalue weighted by atomic mass is 9.92. The highest BCUT2D eigenvalue weighted by Crippen LogP contribution is 2.31. The van der Waals surface area contributed by atoms with Crippen molar-refractivity contribution in [1.29, 1.82) is 0 Å². The van der Waals surface area contributed by atoms with Crippen LogP contribution in [0.1, 0.15) is 25.1 Å². The number of halogens is 4. The smallest absolute Gasteiger partial charge is 0.357 e. The lowest BCUT2D eigenvalue weighted by Crippen LogP contribution is -2.38. The second kappa shape index (κ2) is 4.33. The first-order valence-corrected chi connectivity index (χ1v) is 5.60. The number of nitrogens with zero attached hydrogens (tertiary/aromatic N) is 3. The Hall–Kier alpha value is -1.04. The average Bonchev–Trinajstić information content (AvgIpc) is 2.12. The Labute approximate surface area is 102 Å². The molecule has 1 aromatic heterocycles. The van der Waals surface area contributed by atoms with Gasteiger partial charge in [-0.3, -0.25) is 0 Å². The molecule has 0 atom stereocenters. The molecule has 1 saturated carbocycles. The van der Waals surface area contributed by atoms with Crippen molar-refractivity contribution in [3.8, 4) is 0 Å². The lowest BCUT2D eigenvalue weighted by Gasteiger charge is -2.35. The van der Waals surface area contributed by atoms with Gasteiger partial charge in [0.15, 0.2) is 0 Å². The van der Waals surface area contributed by atoms with Gasteiger partial charge >= 0.3 is 6.18 Å². The standard InChI is InChI=1S/C10H11ClF3N3/c1-17(6-3-2-4-6)8-5-7(11)15-9(16-8)10(12,13)14/h5-6H,2-4H2,1H3. The summed E-state index contributed by atoms with van der Waals surface area (Å²) in [7, 11) is 1.72. The average molecular weight is 266 g/mol. The molecule has 0 amide bonds. The molecule has 7 heteroatoms.